The number of rotatable bonds is 2. The molecular formula is C39H54N6O8. The molecule has 0 atom stereocenters. The number of ether oxygens (including phenoxy) is 4. The van der Waals surface area contributed by atoms with Gasteiger partial charge in [0.25, 0.3) is 0 Å². The Morgan fingerprint density at radius 2 is 0.755 bits per heavy atom. The molecule has 0 unspecified atom stereocenters. The molecule has 4 amide bonds. The summed E-state index contributed by atoms with van der Waals surface area (Å²) in [4.78, 5) is 68.5. The predicted molar refractivity (Wildman–Crippen MR) is 200 cm³/mol. The molecule has 288 valence electrons. The summed E-state index contributed by atoms with van der Waals surface area (Å²) < 4.78 is 22.6. The average Bonchev–Trinajstić information content (AvgIpc) is 3.68. The van der Waals surface area contributed by atoms with Crippen molar-refractivity contribution in [3.05, 3.63) is 58.7 Å². The Morgan fingerprint density at radius 1 is 0.491 bits per heavy atom. The van der Waals surface area contributed by atoms with Crippen LogP contribution in [-0.4, -0.2) is 117 Å². The maximum absolute atomic E-state index is 13.2. The Balaban J connectivity index is 1.42. The molecule has 0 aromatic carbocycles. The van der Waals surface area contributed by atoms with Gasteiger partial charge in [-0.3, -0.25) is 19.6 Å². The van der Waals surface area contributed by atoms with Gasteiger partial charge in [-0.25, -0.2) is 29.2 Å². The normalized spacial score (nSPS) is 21.3. The minimum atomic E-state index is -0.959. The van der Waals surface area contributed by atoms with Crippen LogP contribution in [0, 0.1) is 0 Å². The van der Waals surface area contributed by atoms with Gasteiger partial charge in [-0.1, -0.05) is 12.2 Å². The van der Waals surface area contributed by atoms with E-state index >= 15 is 0 Å². The summed E-state index contributed by atoms with van der Waals surface area (Å²) in [6.07, 6.45) is 7.97. The first-order valence-corrected chi connectivity index (χ1v) is 18.0. The minimum absolute atomic E-state index is 0.239. The van der Waals surface area contributed by atoms with Crippen molar-refractivity contribution in [1.29, 1.82) is 0 Å². The summed E-state index contributed by atoms with van der Waals surface area (Å²) in [6, 6.07) is 0. The molecule has 53 heavy (non-hydrogen) atoms. The predicted octanol–water partition coefficient (Wildman–Crippen LogP) is 7.10. The molecular weight excluding hydrogens is 680 g/mol. The second-order valence-electron chi connectivity index (χ2n) is 17.5. The van der Waals surface area contributed by atoms with Crippen LogP contribution in [-0.2, 0) is 18.9 Å². The second-order valence-corrected chi connectivity index (χ2v) is 17.5. The molecule has 2 aliphatic heterocycles. The van der Waals surface area contributed by atoms with Gasteiger partial charge in [-0.05, 0) is 136 Å². The van der Waals surface area contributed by atoms with E-state index in [0.717, 1.165) is 22.3 Å². The number of hydrogen-bond donors (Lipinski definition) is 0. The summed E-state index contributed by atoms with van der Waals surface area (Å²) in [5, 5.41) is 0. The van der Waals surface area contributed by atoms with Crippen molar-refractivity contribution in [3.8, 4) is 0 Å². The molecule has 3 aliphatic carbocycles. The molecule has 14 nitrogen and oxygen atoms in total. The van der Waals surface area contributed by atoms with E-state index in [2.05, 4.69) is 0 Å². The molecule has 0 bridgehead atoms. The second kappa shape index (κ2) is 14.2. The number of fused-ring (bicyclic) bond motifs is 2. The zero-order chi connectivity index (χ0) is 39.3. The van der Waals surface area contributed by atoms with Gasteiger partial charge in [-0.2, -0.15) is 0 Å². The quantitative estimate of drug-likeness (QED) is 0.274. The van der Waals surface area contributed by atoms with E-state index in [-0.39, 0.29) is 26.2 Å². The van der Waals surface area contributed by atoms with Crippen molar-refractivity contribution < 1.29 is 38.1 Å². The largest absolute Gasteiger partial charge is 0.444 e. The van der Waals surface area contributed by atoms with Crippen LogP contribution in [0.3, 0.4) is 0 Å². The zero-order valence-electron chi connectivity index (χ0n) is 33.1. The van der Waals surface area contributed by atoms with E-state index in [9.17, 15) is 19.2 Å². The fraction of sp³-hybridized carbons (Fsp3) is 0.590. The maximum atomic E-state index is 13.2. The Labute approximate surface area is 312 Å². The molecule has 14 heteroatoms. The molecule has 2 heterocycles. The number of carbonyl (C=O) groups excluding carboxylic acids is 4. The van der Waals surface area contributed by atoms with E-state index in [1.165, 1.54) is 19.6 Å². The van der Waals surface area contributed by atoms with E-state index in [1.54, 1.807) is 83.1 Å². The fourth-order valence-electron chi connectivity index (χ4n) is 6.14. The third kappa shape index (κ3) is 9.76. The number of amides is 4. The lowest BCUT2D eigenvalue weighted by molar-refractivity contribution is -0.0000947. The standard InChI is InChI=1S/C39H54N6O8/c1-36(2,3)50-32(46)42-17-18-43(33(47)51-37(4,5)6)30(42)40-26-13-15-28-24(22-26)21-25-23-27(14-16-29(25)28)41-31-44(34(48)52-38(7,8)9)19-20-45(31)35(49)53-39(10,11)12/h13-16,22-23,30-31H,17-21H2,1-12H3/b40-26-,41-27+. The molecule has 0 saturated carbocycles. The zero-order valence-corrected chi connectivity index (χ0v) is 33.1. The van der Waals surface area contributed by atoms with Crippen molar-refractivity contribution in [2.24, 2.45) is 9.98 Å². The Morgan fingerprint density at radius 3 is 1.00 bits per heavy atom. The van der Waals surface area contributed by atoms with Crippen LogP contribution in [0.1, 0.15) is 89.5 Å². The van der Waals surface area contributed by atoms with Crippen molar-refractivity contribution in [2.75, 3.05) is 26.2 Å². The fourth-order valence-corrected chi connectivity index (χ4v) is 6.14. The summed E-state index contributed by atoms with van der Waals surface area (Å²) in [5.41, 5.74) is 2.32. The molecule has 5 aliphatic rings. The highest BCUT2D eigenvalue weighted by molar-refractivity contribution is 6.10. The molecule has 5 rings (SSSR count). The average molecular weight is 735 g/mol. The molecule has 2 saturated heterocycles. The maximum Gasteiger partial charge on any atom is 0.413 e. The lowest BCUT2D eigenvalue weighted by atomic mass is 9.98. The van der Waals surface area contributed by atoms with Gasteiger partial charge in [-0.15, -0.1) is 0 Å². The SMILES string of the molecule is CC(C)(C)OC(=O)N1CCN(C(=O)OC(C)(C)C)C1/N=C1/C=CC2=C3C=C/C(=N\C4N(C(=O)OC(C)(C)C)CCN4C(=O)OC(C)(C)C)C=C3CC2=C1. The highest BCUT2D eigenvalue weighted by Crippen LogP contribution is 2.41. The molecule has 0 radical (unpaired) electrons. The number of allylic oxidation sites excluding steroid dienone is 10. The number of nitrogens with zero attached hydrogens (tertiary/aromatic N) is 6. The van der Waals surface area contributed by atoms with Crippen LogP contribution in [0.4, 0.5) is 19.2 Å². The minimum Gasteiger partial charge on any atom is -0.444 e. The van der Waals surface area contributed by atoms with Gasteiger partial charge in [0.15, 0.2) is 0 Å². The first kappa shape index (κ1) is 39.3. The van der Waals surface area contributed by atoms with Crippen molar-refractivity contribution in [1.82, 2.24) is 19.6 Å². The topological polar surface area (TPSA) is 143 Å². The van der Waals surface area contributed by atoms with Gasteiger partial charge in [0.1, 0.15) is 22.4 Å². The van der Waals surface area contributed by atoms with E-state index in [0.29, 0.717) is 17.8 Å². The monoisotopic (exact) mass is 734 g/mol. The molecule has 0 aromatic heterocycles. The van der Waals surface area contributed by atoms with E-state index in [4.69, 9.17) is 28.9 Å². The number of aliphatic imine (C=N–C) groups is 2. The third-order valence-corrected chi connectivity index (χ3v) is 8.17. The van der Waals surface area contributed by atoms with Crippen molar-refractivity contribution in [2.45, 2.75) is 124 Å². The van der Waals surface area contributed by atoms with Crippen LogP contribution >= 0.6 is 0 Å². The lowest BCUT2D eigenvalue weighted by Crippen LogP contribution is -2.46. The number of hydrogen-bond acceptors (Lipinski definition) is 10. The van der Waals surface area contributed by atoms with Crippen LogP contribution in [0.5, 0.6) is 0 Å². The van der Waals surface area contributed by atoms with E-state index < -0.39 is 59.4 Å². The highest BCUT2D eigenvalue weighted by atomic mass is 16.6. The van der Waals surface area contributed by atoms with Crippen LogP contribution in [0.25, 0.3) is 0 Å². The Kier molecular flexibility index (Phi) is 10.5. The van der Waals surface area contributed by atoms with Gasteiger partial charge < -0.3 is 18.9 Å². The Hall–Kier alpha value is -4.88. The summed E-state index contributed by atoms with van der Waals surface area (Å²) in [6.45, 7) is 22.4. The first-order valence-electron chi connectivity index (χ1n) is 18.0. The van der Waals surface area contributed by atoms with Gasteiger partial charge in [0, 0.05) is 26.2 Å². The number of carbonyl (C=O) groups is 4. The molecule has 0 N–H and O–H groups in total. The summed E-state index contributed by atoms with van der Waals surface area (Å²) in [7, 11) is 0. The summed E-state index contributed by atoms with van der Waals surface area (Å²) >= 11 is 0. The highest BCUT2D eigenvalue weighted by Gasteiger charge is 2.43. The van der Waals surface area contributed by atoms with Gasteiger partial charge >= 0.3 is 24.4 Å². The summed E-state index contributed by atoms with van der Waals surface area (Å²) in [5.74, 6) is 0. The smallest absolute Gasteiger partial charge is 0.413 e. The van der Waals surface area contributed by atoms with Crippen molar-refractivity contribution in [3.63, 3.8) is 0 Å². The van der Waals surface area contributed by atoms with Crippen LogP contribution in [0.15, 0.2) is 68.7 Å². The van der Waals surface area contributed by atoms with Gasteiger partial charge in [0.2, 0.25) is 12.6 Å². The van der Waals surface area contributed by atoms with Crippen molar-refractivity contribution >= 4 is 35.8 Å². The molecule has 2 fully saturated rings. The third-order valence-electron chi connectivity index (χ3n) is 8.17. The van der Waals surface area contributed by atoms with Crippen LogP contribution in [0.2, 0.25) is 0 Å². The van der Waals surface area contributed by atoms with Crippen LogP contribution < -0.4 is 0 Å². The van der Waals surface area contributed by atoms with Gasteiger partial charge in [0.05, 0.1) is 11.4 Å². The Bertz CT molecular complexity index is 1560. The molecule has 0 aromatic rings. The lowest BCUT2D eigenvalue weighted by Gasteiger charge is -2.31. The first-order chi connectivity index (χ1) is 24.4. The van der Waals surface area contributed by atoms with E-state index in [1.807, 2.05) is 36.5 Å². The molecule has 0 spiro atoms.